The van der Waals surface area contributed by atoms with Gasteiger partial charge >= 0.3 is 6.03 Å². The molecule has 5 nitrogen and oxygen atoms in total. The van der Waals surface area contributed by atoms with Crippen molar-refractivity contribution in [1.82, 2.24) is 10.2 Å². The van der Waals surface area contributed by atoms with Gasteiger partial charge in [0.05, 0.1) is 0 Å². The first kappa shape index (κ1) is 14.0. The van der Waals surface area contributed by atoms with Gasteiger partial charge in [-0.05, 0) is 32.1 Å². The maximum Gasteiger partial charge on any atom is 0.331 e. The molecule has 1 heterocycles. The summed E-state index contributed by atoms with van der Waals surface area (Å²) in [5, 5.41) is 2.35. The second-order valence-electron chi connectivity index (χ2n) is 5.66. The third-order valence-corrected chi connectivity index (χ3v) is 4.25. The van der Waals surface area contributed by atoms with Crippen LogP contribution in [0.25, 0.3) is 0 Å². The zero-order chi connectivity index (χ0) is 14.0. The number of rotatable bonds is 4. The van der Waals surface area contributed by atoms with E-state index >= 15 is 0 Å². The Morgan fingerprint density at radius 1 is 1.26 bits per heavy atom. The second kappa shape index (κ2) is 5.72. The highest BCUT2D eigenvalue weighted by Crippen LogP contribution is 2.34. The van der Waals surface area contributed by atoms with Gasteiger partial charge in [-0.25, -0.2) is 4.79 Å². The van der Waals surface area contributed by atoms with Crippen molar-refractivity contribution in [3.63, 3.8) is 0 Å². The van der Waals surface area contributed by atoms with Gasteiger partial charge in [0.1, 0.15) is 5.92 Å². The van der Waals surface area contributed by atoms with Crippen molar-refractivity contribution in [2.75, 3.05) is 0 Å². The van der Waals surface area contributed by atoms with Crippen LogP contribution in [0.3, 0.4) is 0 Å². The molecule has 1 N–H and O–H groups in total. The van der Waals surface area contributed by atoms with Crippen molar-refractivity contribution in [2.24, 2.45) is 11.8 Å². The van der Waals surface area contributed by atoms with Gasteiger partial charge in [0, 0.05) is 6.04 Å². The molecule has 0 aromatic carbocycles. The smallest absolute Gasteiger partial charge is 0.277 e. The van der Waals surface area contributed by atoms with Gasteiger partial charge in [-0.2, -0.15) is 0 Å². The summed E-state index contributed by atoms with van der Waals surface area (Å²) in [6.07, 6.45) is 5.63. The maximum atomic E-state index is 12.5. The van der Waals surface area contributed by atoms with Crippen LogP contribution in [0, 0.1) is 11.8 Å². The van der Waals surface area contributed by atoms with Crippen molar-refractivity contribution in [2.45, 2.75) is 58.4 Å². The normalized spacial score (nSPS) is 26.7. The molecule has 2 rings (SSSR count). The van der Waals surface area contributed by atoms with Crippen molar-refractivity contribution >= 4 is 17.8 Å². The number of urea groups is 1. The minimum Gasteiger partial charge on any atom is -0.277 e. The van der Waals surface area contributed by atoms with Crippen LogP contribution in [-0.2, 0) is 9.59 Å². The Labute approximate surface area is 113 Å². The van der Waals surface area contributed by atoms with E-state index in [0.717, 1.165) is 38.5 Å². The number of imide groups is 2. The number of carbonyl (C=O) groups excluding carboxylic acids is 3. The third-order valence-electron chi connectivity index (χ3n) is 4.25. The molecule has 0 aromatic rings. The fraction of sp³-hybridized carbons (Fsp3) is 0.786. The number of hydrogen-bond acceptors (Lipinski definition) is 3. The number of nitrogens with zero attached hydrogens (tertiary/aromatic N) is 1. The first-order valence-corrected chi connectivity index (χ1v) is 7.24. The molecule has 106 valence electrons. The second-order valence-corrected chi connectivity index (χ2v) is 5.66. The topological polar surface area (TPSA) is 66.5 Å². The number of barbiturate groups is 1. The fourth-order valence-corrected chi connectivity index (χ4v) is 3.28. The predicted molar refractivity (Wildman–Crippen MR) is 70.2 cm³/mol. The molecule has 19 heavy (non-hydrogen) atoms. The Kier molecular flexibility index (Phi) is 4.22. The number of hydrogen-bond donors (Lipinski definition) is 1. The molecule has 2 atom stereocenters. The van der Waals surface area contributed by atoms with E-state index in [4.69, 9.17) is 0 Å². The minimum absolute atomic E-state index is 0.108. The summed E-state index contributed by atoms with van der Waals surface area (Å²) < 4.78 is 0. The van der Waals surface area contributed by atoms with Crippen molar-refractivity contribution in [3.05, 3.63) is 0 Å². The van der Waals surface area contributed by atoms with Crippen LogP contribution in [0.2, 0.25) is 0 Å². The summed E-state index contributed by atoms with van der Waals surface area (Å²) in [7, 11) is 0. The molecular weight excluding hydrogens is 244 g/mol. The lowest BCUT2D eigenvalue weighted by Gasteiger charge is -2.36. The highest BCUT2D eigenvalue weighted by Gasteiger charge is 2.46. The van der Waals surface area contributed by atoms with Crippen LogP contribution in [0.15, 0.2) is 0 Å². The molecule has 5 heteroatoms. The molecule has 1 aliphatic carbocycles. The van der Waals surface area contributed by atoms with E-state index in [-0.39, 0.29) is 17.9 Å². The molecule has 0 bridgehead atoms. The van der Waals surface area contributed by atoms with Crippen molar-refractivity contribution < 1.29 is 14.4 Å². The monoisotopic (exact) mass is 266 g/mol. The Hall–Kier alpha value is -1.39. The van der Waals surface area contributed by atoms with Crippen LogP contribution in [0.5, 0.6) is 0 Å². The fourth-order valence-electron chi connectivity index (χ4n) is 3.28. The molecule has 0 radical (unpaired) electrons. The number of amides is 4. The van der Waals surface area contributed by atoms with Crippen molar-refractivity contribution in [3.8, 4) is 0 Å². The molecule has 2 aliphatic rings. The lowest BCUT2D eigenvalue weighted by atomic mass is 9.87. The highest BCUT2D eigenvalue weighted by molar-refractivity contribution is 6.16. The third kappa shape index (κ3) is 2.65. The molecule has 2 unspecified atom stereocenters. The van der Waals surface area contributed by atoms with E-state index in [1.54, 1.807) is 0 Å². The summed E-state index contributed by atoms with van der Waals surface area (Å²) in [5.74, 6) is -1.24. The van der Waals surface area contributed by atoms with Gasteiger partial charge < -0.3 is 0 Å². The summed E-state index contributed by atoms with van der Waals surface area (Å²) >= 11 is 0. The van der Waals surface area contributed by atoms with E-state index in [9.17, 15) is 14.4 Å². The van der Waals surface area contributed by atoms with Gasteiger partial charge in [0.15, 0.2) is 0 Å². The summed E-state index contributed by atoms with van der Waals surface area (Å²) in [5.41, 5.74) is 0. The van der Waals surface area contributed by atoms with Gasteiger partial charge in [0.25, 0.3) is 0 Å². The van der Waals surface area contributed by atoms with Crippen LogP contribution in [0.4, 0.5) is 4.79 Å². The zero-order valence-corrected chi connectivity index (χ0v) is 11.6. The first-order chi connectivity index (χ1) is 9.06. The molecule has 0 spiro atoms. The Balaban J connectivity index is 2.18. The molecule has 1 saturated heterocycles. The Morgan fingerprint density at radius 3 is 2.47 bits per heavy atom. The quantitative estimate of drug-likeness (QED) is 0.792. The van der Waals surface area contributed by atoms with E-state index in [1.165, 1.54) is 4.90 Å². The molecule has 1 saturated carbocycles. The lowest BCUT2D eigenvalue weighted by molar-refractivity contribution is -0.146. The Morgan fingerprint density at radius 2 is 1.89 bits per heavy atom. The molecule has 0 aromatic heterocycles. The summed E-state index contributed by atoms with van der Waals surface area (Å²) in [6, 6.07) is -0.695. The minimum atomic E-state index is -0.653. The van der Waals surface area contributed by atoms with Crippen LogP contribution >= 0.6 is 0 Å². The van der Waals surface area contributed by atoms with E-state index in [0.29, 0.717) is 0 Å². The summed E-state index contributed by atoms with van der Waals surface area (Å²) in [4.78, 5) is 37.6. The average molecular weight is 266 g/mol. The summed E-state index contributed by atoms with van der Waals surface area (Å²) in [6.45, 7) is 3.88. The molecular formula is C14H22N2O3. The van der Waals surface area contributed by atoms with Crippen LogP contribution in [0.1, 0.15) is 52.4 Å². The average Bonchev–Trinajstić information content (AvgIpc) is 2.82. The van der Waals surface area contributed by atoms with Crippen LogP contribution in [-0.4, -0.2) is 28.8 Å². The SMILES string of the molecule is CCCC(C)N1C(=O)NC(=O)C(C2CCCC2)C1=O. The molecule has 4 amide bonds. The molecule has 2 fully saturated rings. The molecule has 1 aliphatic heterocycles. The number of carbonyl (C=O) groups is 3. The van der Waals surface area contributed by atoms with Crippen LogP contribution < -0.4 is 5.32 Å². The predicted octanol–water partition coefficient (Wildman–Crippen LogP) is 2.06. The van der Waals surface area contributed by atoms with E-state index in [2.05, 4.69) is 5.32 Å². The van der Waals surface area contributed by atoms with Gasteiger partial charge in [0.2, 0.25) is 11.8 Å². The highest BCUT2D eigenvalue weighted by atomic mass is 16.2. The standard InChI is InChI=1S/C14H22N2O3/c1-3-6-9(2)16-13(18)11(10-7-4-5-8-10)12(17)15-14(16)19/h9-11H,3-8H2,1-2H3,(H,15,17,19). The van der Waals surface area contributed by atoms with E-state index in [1.807, 2.05) is 13.8 Å². The van der Waals surface area contributed by atoms with E-state index < -0.39 is 17.9 Å². The van der Waals surface area contributed by atoms with Crippen molar-refractivity contribution in [1.29, 1.82) is 0 Å². The lowest BCUT2D eigenvalue weighted by Crippen LogP contribution is -2.61. The van der Waals surface area contributed by atoms with Gasteiger partial charge in [-0.15, -0.1) is 0 Å². The number of nitrogens with one attached hydrogen (secondary N) is 1. The maximum absolute atomic E-state index is 12.5. The zero-order valence-electron chi connectivity index (χ0n) is 11.6. The first-order valence-electron chi connectivity index (χ1n) is 7.24. The van der Waals surface area contributed by atoms with Gasteiger partial charge in [-0.1, -0.05) is 26.2 Å². The largest absolute Gasteiger partial charge is 0.331 e. The Bertz CT molecular complexity index is 388. The van der Waals surface area contributed by atoms with Gasteiger partial charge in [-0.3, -0.25) is 19.8 Å².